The zero-order valence-corrected chi connectivity index (χ0v) is 6.42. The fourth-order valence-corrected chi connectivity index (χ4v) is 1.13. The van der Waals surface area contributed by atoms with Crippen LogP contribution in [0.3, 0.4) is 0 Å². The van der Waals surface area contributed by atoms with Gasteiger partial charge in [-0.15, -0.1) is 0 Å². The molecule has 1 saturated carbocycles. The molecule has 0 radical (unpaired) electrons. The largest absolute Gasteiger partial charge is 0.326 e. The molecule has 4 N–H and O–H groups in total. The van der Waals surface area contributed by atoms with Crippen molar-refractivity contribution < 1.29 is 4.79 Å². The van der Waals surface area contributed by atoms with Gasteiger partial charge >= 0.3 is 0 Å². The minimum Gasteiger partial charge on any atom is -0.326 e. The van der Waals surface area contributed by atoms with Gasteiger partial charge in [0, 0.05) is 12.0 Å². The number of nitrogens with two attached hydrogens (primary N) is 2. The van der Waals surface area contributed by atoms with Gasteiger partial charge in [0.2, 0.25) is 0 Å². The molecule has 3 nitrogen and oxygen atoms in total. The molecule has 3 heteroatoms. The van der Waals surface area contributed by atoms with E-state index in [0.29, 0.717) is 6.42 Å². The van der Waals surface area contributed by atoms with Gasteiger partial charge in [0.15, 0.2) is 5.78 Å². The lowest BCUT2D eigenvalue weighted by atomic mass is 10.0. The first-order chi connectivity index (χ1) is 4.48. The molecule has 58 valence electrons. The molecule has 1 aliphatic rings. The molecule has 1 rings (SSSR count). The van der Waals surface area contributed by atoms with Crippen LogP contribution in [-0.4, -0.2) is 17.4 Å². The van der Waals surface area contributed by atoms with E-state index in [9.17, 15) is 4.79 Å². The number of ketones is 1. The molecule has 0 aliphatic heterocycles. The number of hydrogen-bond acceptors (Lipinski definition) is 3. The highest BCUT2D eigenvalue weighted by atomic mass is 16.1. The van der Waals surface area contributed by atoms with Gasteiger partial charge in [-0.1, -0.05) is 13.8 Å². The second-order valence-electron chi connectivity index (χ2n) is 3.37. The Labute approximate surface area is 60.8 Å². The summed E-state index contributed by atoms with van der Waals surface area (Å²) in [4.78, 5) is 11.2. The van der Waals surface area contributed by atoms with Crippen LogP contribution in [0.1, 0.15) is 20.3 Å². The van der Waals surface area contributed by atoms with Gasteiger partial charge in [-0.2, -0.15) is 0 Å². The van der Waals surface area contributed by atoms with Gasteiger partial charge in [-0.05, 0) is 6.42 Å². The van der Waals surface area contributed by atoms with Crippen LogP contribution >= 0.6 is 0 Å². The lowest BCUT2D eigenvalue weighted by Gasteiger charge is -2.10. The lowest BCUT2D eigenvalue weighted by molar-refractivity contribution is -0.124. The minimum absolute atomic E-state index is 0.0125. The summed E-state index contributed by atoms with van der Waals surface area (Å²) in [5.74, 6) is 0.110. The summed E-state index contributed by atoms with van der Waals surface area (Å²) in [5, 5.41) is 0. The van der Waals surface area contributed by atoms with Crippen molar-refractivity contribution in [3.8, 4) is 0 Å². The first-order valence-corrected chi connectivity index (χ1v) is 3.57. The fourth-order valence-electron chi connectivity index (χ4n) is 1.13. The molecule has 0 heterocycles. The van der Waals surface area contributed by atoms with Crippen molar-refractivity contribution in [2.24, 2.45) is 17.4 Å². The molecular formula is C7H14N2O. The monoisotopic (exact) mass is 142 g/mol. The second-order valence-corrected chi connectivity index (χ2v) is 3.37. The third-order valence-electron chi connectivity index (χ3n) is 2.04. The highest BCUT2D eigenvalue weighted by Crippen LogP contribution is 2.33. The van der Waals surface area contributed by atoms with Gasteiger partial charge in [0.1, 0.15) is 0 Å². The molecule has 0 aromatic carbocycles. The Morgan fingerprint density at radius 3 is 2.20 bits per heavy atom. The normalized spacial score (nSPS) is 38.3. The van der Waals surface area contributed by atoms with Gasteiger partial charge in [-0.25, -0.2) is 0 Å². The van der Waals surface area contributed by atoms with Crippen molar-refractivity contribution in [3.05, 3.63) is 0 Å². The van der Waals surface area contributed by atoms with Crippen LogP contribution in [0.25, 0.3) is 0 Å². The van der Waals surface area contributed by atoms with Crippen LogP contribution in [0.4, 0.5) is 0 Å². The standard InChI is InChI=1S/C7H14N2O/c1-4(2)6(10)7(9)3-5(7)8/h4-5H,3,8-9H2,1-2H3/t5-,7?/m0/s1. The van der Waals surface area contributed by atoms with E-state index >= 15 is 0 Å². The number of hydrogen-bond donors (Lipinski definition) is 2. The quantitative estimate of drug-likeness (QED) is 0.553. The summed E-state index contributed by atoms with van der Waals surface area (Å²) in [6.07, 6.45) is 0.657. The minimum atomic E-state index is -0.672. The maximum atomic E-state index is 11.2. The highest BCUT2D eigenvalue weighted by molar-refractivity contribution is 5.94. The molecule has 0 amide bonds. The number of rotatable bonds is 2. The first kappa shape index (κ1) is 7.69. The van der Waals surface area contributed by atoms with Crippen LogP contribution in [0.5, 0.6) is 0 Å². The molecule has 10 heavy (non-hydrogen) atoms. The van der Waals surface area contributed by atoms with Crippen LogP contribution in [0, 0.1) is 5.92 Å². The third-order valence-corrected chi connectivity index (χ3v) is 2.04. The Morgan fingerprint density at radius 1 is 1.70 bits per heavy atom. The molecule has 0 saturated heterocycles. The maximum absolute atomic E-state index is 11.2. The number of carbonyl (C=O) groups is 1. The molecule has 2 atom stereocenters. The summed E-state index contributed by atoms with van der Waals surface area (Å²) in [7, 11) is 0. The van der Waals surface area contributed by atoms with Gasteiger partial charge < -0.3 is 11.5 Å². The Balaban J connectivity index is 2.59. The van der Waals surface area contributed by atoms with Crippen molar-refractivity contribution in [2.75, 3.05) is 0 Å². The lowest BCUT2D eigenvalue weighted by Crippen LogP contribution is -2.41. The Hall–Kier alpha value is -0.410. The van der Waals surface area contributed by atoms with E-state index in [-0.39, 0.29) is 17.7 Å². The fraction of sp³-hybridized carbons (Fsp3) is 0.857. The Bertz CT molecular complexity index is 167. The number of carbonyl (C=O) groups excluding carboxylic acids is 1. The molecule has 0 aromatic rings. The van der Waals surface area contributed by atoms with E-state index in [2.05, 4.69) is 0 Å². The van der Waals surface area contributed by atoms with Crippen molar-refractivity contribution in [2.45, 2.75) is 31.8 Å². The van der Waals surface area contributed by atoms with E-state index in [0.717, 1.165) is 0 Å². The van der Waals surface area contributed by atoms with Crippen LogP contribution in [-0.2, 0) is 4.79 Å². The SMILES string of the molecule is CC(C)C(=O)C1(N)C[C@@H]1N. The van der Waals surface area contributed by atoms with Gasteiger partial charge in [0.05, 0.1) is 5.54 Å². The summed E-state index contributed by atoms with van der Waals surface area (Å²) < 4.78 is 0. The Kier molecular flexibility index (Phi) is 1.57. The summed E-state index contributed by atoms with van der Waals surface area (Å²) in [5.41, 5.74) is 10.5. The molecular weight excluding hydrogens is 128 g/mol. The van der Waals surface area contributed by atoms with Crippen LogP contribution in [0.2, 0.25) is 0 Å². The van der Waals surface area contributed by atoms with E-state index in [1.807, 2.05) is 13.8 Å². The maximum Gasteiger partial charge on any atom is 0.156 e. The van der Waals surface area contributed by atoms with Gasteiger partial charge in [-0.3, -0.25) is 4.79 Å². The van der Waals surface area contributed by atoms with Crippen LogP contribution < -0.4 is 11.5 Å². The predicted molar refractivity (Wildman–Crippen MR) is 39.4 cm³/mol. The zero-order chi connectivity index (χ0) is 7.94. The van der Waals surface area contributed by atoms with Crippen molar-refractivity contribution >= 4 is 5.78 Å². The van der Waals surface area contributed by atoms with E-state index < -0.39 is 5.54 Å². The topological polar surface area (TPSA) is 69.1 Å². The number of Topliss-reactive ketones (excluding diaryl/α,β-unsaturated/α-hetero) is 1. The van der Waals surface area contributed by atoms with E-state index in [4.69, 9.17) is 11.5 Å². The highest BCUT2D eigenvalue weighted by Gasteiger charge is 2.54. The molecule has 0 spiro atoms. The Morgan fingerprint density at radius 2 is 2.10 bits per heavy atom. The predicted octanol–water partition coefficient (Wildman–Crippen LogP) is -0.360. The third kappa shape index (κ3) is 0.954. The van der Waals surface area contributed by atoms with Crippen molar-refractivity contribution in [1.29, 1.82) is 0 Å². The van der Waals surface area contributed by atoms with Gasteiger partial charge in [0.25, 0.3) is 0 Å². The van der Waals surface area contributed by atoms with Crippen molar-refractivity contribution in [3.63, 3.8) is 0 Å². The zero-order valence-electron chi connectivity index (χ0n) is 6.42. The van der Waals surface area contributed by atoms with E-state index in [1.54, 1.807) is 0 Å². The summed E-state index contributed by atoms with van der Waals surface area (Å²) in [6, 6.07) is -0.0950. The second kappa shape index (κ2) is 2.04. The summed E-state index contributed by atoms with van der Waals surface area (Å²) >= 11 is 0. The van der Waals surface area contributed by atoms with Crippen molar-refractivity contribution in [1.82, 2.24) is 0 Å². The first-order valence-electron chi connectivity index (χ1n) is 3.57. The average molecular weight is 142 g/mol. The van der Waals surface area contributed by atoms with E-state index in [1.165, 1.54) is 0 Å². The molecule has 1 unspecified atom stereocenters. The smallest absolute Gasteiger partial charge is 0.156 e. The molecule has 1 aliphatic carbocycles. The summed E-state index contributed by atoms with van der Waals surface area (Å²) in [6.45, 7) is 3.70. The average Bonchev–Trinajstić information content (AvgIpc) is 2.41. The molecule has 1 fully saturated rings. The van der Waals surface area contributed by atoms with Crippen LogP contribution in [0.15, 0.2) is 0 Å². The molecule has 0 bridgehead atoms. The molecule has 0 aromatic heterocycles.